The molecule has 1 N–H and O–H groups in total. The number of hydrogen-bond donors (Lipinski definition) is 1. The van der Waals surface area contributed by atoms with E-state index in [1.165, 1.54) is 17.4 Å². The number of aryl methyl sites for hydroxylation is 1. The van der Waals surface area contributed by atoms with Crippen LogP contribution in [-0.4, -0.2) is 82.0 Å². The molecule has 0 bridgehead atoms. The van der Waals surface area contributed by atoms with Crippen LogP contribution in [0, 0.1) is 6.92 Å². The van der Waals surface area contributed by atoms with Crippen molar-refractivity contribution >= 4 is 30.5 Å². The predicted molar refractivity (Wildman–Crippen MR) is 203 cm³/mol. The van der Waals surface area contributed by atoms with Crippen molar-refractivity contribution in [3.8, 4) is 0 Å². The van der Waals surface area contributed by atoms with E-state index >= 15 is 0 Å². The van der Waals surface area contributed by atoms with Gasteiger partial charge < -0.3 is 14.2 Å². The first-order chi connectivity index (χ1) is 24.3. The minimum absolute atomic E-state index is 0. The van der Waals surface area contributed by atoms with Crippen molar-refractivity contribution < 1.29 is 13.8 Å². The summed E-state index contributed by atoms with van der Waals surface area (Å²) < 4.78 is 29.9. The minimum atomic E-state index is -3.67. The van der Waals surface area contributed by atoms with Crippen molar-refractivity contribution in [3.63, 3.8) is 0 Å². The first-order valence-electron chi connectivity index (χ1n) is 17.6. The second-order valence-electron chi connectivity index (χ2n) is 13.6. The predicted octanol–water partition coefficient (Wildman–Crippen LogP) is 6.38. The van der Waals surface area contributed by atoms with Gasteiger partial charge in [0.25, 0.3) is 5.56 Å². The molecular formula is C38H46Cl2N5O5P. The molecule has 3 atom stereocenters. The standard InChI is InChI=1S/C38H45ClN5O5P.ClH/c1-29-25-44(37(46)40-36(29)45)35-27-42(26-34(49-35)28-48-50(39,47)43-23-19-33(20-24-43)41-21-11-12-22-41)38(30-13-5-2-6-14-30,31-15-7-3-8-16-31)32-17-9-4-10-18-32;/h2-10,13-18,25,33-35H,11-12,19-24,26-28H2,1H3,(H,40,45,46);1H/t34-,35+,50?;/m0./s1. The number of aromatic amines is 1. The molecule has 3 aliphatic rings. The van der Waals surface area contributed by atoms with Crippen molar-refractivity contribution in [1.82, 2.24) is 24.0 Å². The molecule has 51 heavy (non-hydrogen) atoms. The number of rotatable bonds is 10. The number of H-pyrrole nitrogens is 1. The molecule has 0 radical (unpaired) electrons. The van der Waals surface area contributed by atoms with Crippen LogP contribution in [0.5, 0.6) is 0 Å². The van der Waals surface area contributed by atoms with E-state index in [9.17, 15) is 14.2 Å². The van der Waals surface area contributed by atoms with Crippen LogP contribution in [0.4, 0.5) is 0 Å². The Bertz CT molecular complexity index is 1800. The fourth-order valence-corrected chi connectivity index (χ4v) is 9.89. The summed E-state index contributed by atoms with van der Waals surface area (Å²) in [5, 5.41) is 0. The Hall–Kier alpha value is -3.05. The Balaban J connectivity index is 0.00000448. The maximum Gasteiger partial charge on any atom is 0.363 e. The number of piperidine rings is 1. The molecule has 0 amide bonds. The molecule has 1 unspecified atom stereocenters. The van der Waals surface area contributed by atoms with Gasteiger partial charge >= 0.3 is 12.6 Å². The Morgan fingerprint density at radius 2 is 1.37 bits per heavy atom. The second kappa shape index (κ2) is 16.3. The number of likely N-dealkylation sites (tertiary alicyclic amines) is 1. The molecule has 13 heteroatoms. The molecule has 4 heterocycles. The van der Waals surface area contributed by atoms with Gasteiger partial charge in [0, 0.05) is 44.0 Å². The molecule has 3 fully saturated rings. The third-order valence-corrected chi connectivity index (χ3v) is 13.0. The van der Waals surface area contributed by atoms with E-state index in [0.717, 1.165) is 42.6 Å². The van der Waals surface area contributed by atoms with E-state index in [-0.39, 0.29) is 19.0 Å². The molecule has 1 aromatic heterocycles. The van der Waals surface area contributed by atoms with Gasteiger partial charge in [0.15, 0.2) is 6.23 Å². The van der Waals surface area contributed by atoms with E-state index in [4.69, 9.17) is 20.5 Å². The van der Waals surface area contributed by atoms with Crippen LogP contribution in [-0.2, 0) is 19.4 Å². The smallest absolute Gasteiger partial charge is 0.350 e. The summed E-state index contributed by atoms with van der Waals surface area (Å²) >= 11 is 6.75. The van der Waals surface area contributed by atoms with Gasteiger partial charge in [0.2, 0.25) is 0 Å². The number of aromatic nitrogens is 2. The number of morpholine rings is 1. The van der Waals surface area contributed by atoms with Crippen LogP contribution in [0.15, 0.2) is 107 Å². The van der Waals surface area contributed by atoms with Crippen molar-refractivity contribution in [2.75, 3.05) is 45.9 Å². The molecule has 3 aromatic carbocycles. The highest BCUT2D eigenvalue weighted by Gasteiger charge is 2.47. The average Bonchev–Trinajstić information content (AvgIpc) is 3.70. The molecule has 3 aliphatic heterocycles. The van der Waals surface area contributed by atoms with Gasteiger partial charge in [0.1, 0.15) is 0 Å². The van der Waals surface area contributed by atoms with Gasteiger partial charge in [-0.2, -0.15) is 0 Å². The van der Waals surface area contributed by atoms with E-state index in [0.29, 0.717) is 37.8 Å². The monoisotopic (exact) mass is 753 g/mol. The number of halogens is 2. The first kappa shape index (κ1) is 37.7. The largest absolute Gasteiger partial charge is 0.363 e. The van der Waals surface area contributed by atoms with E-state index in [2.05, 4.69) is 51.2 Å². The number of nitrogens with one attached hydrogen (secondary N) is 1. The van der Waals surface area contributed by atoms with Gasteiger partial charge in [0.05, 0.1) is 18.2 Å². The lowest BCUT2D eigenvalue weighted by atomic mass is 9.75. The molecule has 3 saturated heterocycles. The van der Waals surface area contributed by atoms with Crippen LogP contribution < -0.4 is 11.2 Å². The summed E-state index contributed by atoms with van der Waals surface area (Å²) in [4.78, 5) is 33.0. The van der Waals surface area contributed by atoms with Gasteiger partial charge in [-0.1, -0.05) is 91.0 Å². The van der Waals surface area contributed by atoms with E-state index < -0.39 is 36.0 Å². The van der Waals surface area contributed by atoms with Gasteiger partial charge in [-0.25, -0.2) is 9.46 Å². The van der Waals surface area contributed by atoms with Crippen LogP contribution in [0.2, 0.25) is 0 Å². The third-order valence-electron chi connectivity index (χ3n) is 10.5. The lowest BCUT2D eigenvalue weighted by molar-refractivity contribution is -0.148. The fourth-order valence-electron chi connectivity index (χ4n) is 8.04. The SMILES string of the molecule is Cc1cn([C@H]2CN(C(c3ccccc3)(c3ccccc3)c3ccccc3)C[C@@H](COP(=O)(Cl)N3CCC(N4CCCC4)CC3)O2)c(=O)[nH]c1=O.Cl. The Morgan fingerprint density at radius 3 is 1.90 bits per heavy atom. The second-order valence-corrected chi connectivity index (χ2v) is 16.6. The summed E-state index contributed by atoms with van der Waals surface area (Å²) in [6, 6.07) is 31.4. The van der Waals surface area contributed by atoms with Crippen molar-refractivity contribution in [2.45, 2.75) is 56.5 Å². The van der Waals surface area contributed by atoms with Crippen LogP contribution >= 0.6 is 30.5 Å². The summed E-state index contributed by atoms with van der Waals surface area (Å²) in [7, 11) is 0. The lowest BCUT2D eigenvalue weighted by Gasteiger charge is -2.50. The summed E-state index contributed by atoms with van der Waals surface area (Å²) in [5.41, 5.74) is 1.67. The van der Waals surface area contributed by atoms with Gasteiger partial charge in [-0.15, -0.1) is 12.4 Å². The molecule has 0 aliphatic carbocycles. The first-order valence-corrected chi connectivity index (χ1v) is 20.1. The molecule has 272 valence electrons. The quantitative estimate of drug-likeness (QED) is 0.147. The normalized spacial score (nSPS) is 22.3. The number of benzene rings is 3. The van der Waals surface area contributed by atoms with Crippen molar-refractivity contribution in [3.05, 3.63) is 140 Å². The summed E-state index contributed by atoms with van der Waals surface area (Å²) in [6.45, 7) is 2.08. The average molecular weight is 755 g/mol. The van der Waals surface area contributed by atoms with Crippen LogP contribution in [0.1, 0.15) is 54.2 Å². The molecule has 0 spiro atoms. The summed E-state index contributed by atoms with van der Waals surface area (Å²) in [6.07, 6.45) is 4.39. The highest BCUT2D eigenvalue weighted by atomic mass is 35.7. The highest BCUT2D eigenvalue weighted by molar-refractivity contribution is 7.83. The zero-order valence-electron chi connectivity index (χ0n) is 28.8. The molecule has 10 nitrogen and oxygen atoms in total. The number of hydrogen-bond acceptors (Lipinski definition) is 7. The molecule has 4 aromatic rings. The van der Waals surface area contributed by atoms with Gasteiger partial charge in [-0.05, 0) is 73.6 Å². The Kier molecular flexibility index (Phi) is 12.1. The van der Waals surface area contributed by atoms with Crippen LogP contribution in [0.25, 0.3) is 0 Å². The number of ether oxygens (including phenoxy) is 1. The Morgan fingerprint density at radius 1 is 0.843 bits per heavy atom. The van der Waals surface area contributed by atoms with Crippen molar-refractivity contribution in [2.24, 2.45) is 0 Å². The van der Waals surface area contributed by atoms with Gasteiger partial charge in [-0.3, -0.25) is 23.8 Å². The van der Waals surface area contributed by atoms with E-state index in [1.807, 2.05) is 54.6 Å². The van der Waals surface area contributed by atoms with E-state index in [1.54, 1.807) is 17.8 Å². The topological polar surface area (TPSA) is 100 Å². The number of nitrogens with zero attached hydrogens (tertiary/aromatic N) is 4. The lowest BCUT2D eigenvalue weighted by Crippen LogP contribution is -2.58. The molecular weight excluding hydrogens is 708 g/mol. The summed E-state index contributed by atoms with van der Waals surface area (Å²) in [5.74, 6) is 0. The van der Waals surface area contributed by atoms with Crippen molar-refractivity contribution in [1.29, 1.82) is 0 Å². The molecule has 0 saturated carbocycles. The third kappa shape index (κ3) is 7.85. The van der Waals surface area contributed by atoms with Crippen LogP contribution in [0.3, 0.4) is 0 Å². The fraction of sp³-hybridized carbons (Fsp3) is 0.421. The molecule has 7 rings (SSSR count). The zero-order valence-corrected chi connectivity index (χ0v) is 31.3. The Labute approximate surface area is 310 Å². The highest BCUT2D eigenvalue weighted by Crippen LogP contribution is 2.57. The minimum Gasteiger partial charge on any atom is -0.350 e. The maximum atomic E-state index is 14.0. The zero-order chi connectivity index (χ0) is 34.7. The maximum absolute atomic E-state index is 14.0.